The SMILES string of the molecule is O=C1NC(=O)N(C(=O)c2ccccc2)/C1=C1/CCNC(=O)c2[nH]ccc21. The van der Waals surface area contributed by atoms with Crippen LogP contribution < -0.4 is 10.6 Å². The summed E-state index contributed by atoms with van der Waals surface area (Å²) in [5.41, 5.74) is 1.51. The molecule has 0 radical (unpaired) electrons. The summed E-state index contributed by atoms with van der Waals surface area (Å²) in [5, 5.41) is 4.89. The lowest BCUT2D eigenvalue weighted by Crippen LogP contribution is -2.33. The maximum atomic E-state index is 12.8. The zero-order valence-electron chi connectivity index (χ0n) is 13.5. The van der Waals surface area contributed by atoms with Crippen molar-refractivity contribution in [3.63, 3.8) is 0 Å². The van der Waals surface area contributed by atoms with Gasteiger partial charge in [-0.15, -0.1) is 0 Å². The van der Waals surface area contributed by atoms with Crippen LogP contribution in [-0.2, 0) is 4.79 Å². The number of carbonyl (C=O) groups excluding carboxylic acids is 4. The van der Waals surface area contributed by atoms with Gasteiger partial charge < -0.3 is 10.3 Å². The van der Waals surface area contributed by atoms with Crippen LogP contribution >= 0.6 is 0 Å². The third-order valence-electron chi connectivity index (χ3n) is 4.33. The molecule has 1 fully saturated rings. The van der Waals surface area contributed by atoms with Crippen LogP contribution in [-0.4, -0.2) is 40.2 Å². The van der Waals surface area contributed by atoms with Crippen molar-refractivity contribution in [3.05, 3.63) is 65.1 Å². The van der Waals surface area contributed by atoms with Gasteiger partial charge in [-0.3, -0.25) is 19.7 Å². The van der Waals surface area contributed by atoms with Gasteiger partial charge in [0.2, 0.25) is 0 Å². The minimum Gasteiger partial charge on any atom is -0.357 e. The number of rotatable bonds is 1. The van der Waals surface area contributed by atoms with Gasteiger partial charge in [-0.2, -0.15) is 0 Å². The Balaban J connectivity index is 1.88. The van der Waals surface area contributed by atoms with Crippen molar-refractivity contribution >= 4 is 29.3 Å². The minimum atomic E-state index is -0.799. The molecule has 0 unspecified atom stereocenters. The van der Waals surface area contributed by atoms with Crippen LogP contribution in [0, 0.1) is 0 Å². The summed E-state index contributed by atoms with van der Waals surface area (Å²) in [6.45, 7) is 0.287. The smallest absolute Gasteiger partial charge is 0.336 e. The van der Waals surface area contributed by atoms with Crippen LogP contribution in [0.25, 0.3) is 5.57 Å². The molecule has 0 atom stereocenters. The number of benzene rings is 1. The fourth-order valence-corrected chi connectivity index (χ4v) is 3.17. The number of hydrogen-bond donors (Lipinski definition) is 3. The fourth-order valence-electron chi connectivity index (χ4n) is 3.17. The first-order valence-corrected chi connectivity index (χ1v) is 8.02. The zero-order valence-corrected chi connectivity index (χ0v) is 13.5. The van der Waals surface area contributed by atoms with E-state index in [9.17, 15) is 19.2 Å². The van der Waals surface area contributed by atoms with Crippen molar-refractivity contribution in [3.8, 4) is 0 Å². The molecule has 1 aromatic heterocycles. The summed E-state index contributed by atoms with van der Waals surface area (Å²) < 4.78 is 0. The number of hydrogen-bond acceptors (Lipinski definition) is 4. The van der Waals surface area contributed by atoms with Crippen molar-refractivity contribution in [1.82, 2.24) is 20.5 Å². The van der Waals surface area contributed by atoms with Gasteiger partial charge in [-0.1, -0.05) is 18.2 Å². The van der Waals surface area contributed by atoms with Crippen molar-refractivity contribution < 1.29 is 19.2 Å². The Kier molecular flexibility index (Phi) is 3.65. The van der Waals surface area contributed by atoms with Crippen LogP contribution in [0.15, 0.2) is 48.3 Å². The molecular formula is C18H14N4O4. The Bertz CT molecular complexity index is 974. The van der Waals surface area contributed by atoms with Gasteiger partial charge >= 0.3 is 6.03 Å². The number of aromatic amines is 1. The average Bonchev–Trinajstić information content (AvgIpc) is 3.19. The molecular weight excluding hydrogens is 336 g/mol. The lowest BCUT2D eigenvalue weighted by Gasteiger charge is -2.17. The normalized spacial score (nSPS) is 19.7. The zero-order chi connectivity index (χ0) is 18.3. The van der Waals surface area contributed by atoms with E-state index in [1.54, 1.807) is 42.6 Å². The van der Waals surface area contributed by atoms with E-state index in [0.29, 0.717) is 23.3 Å². The number of aromatic nitrogens is 1. The second-order valence-electron chi connectivity index (χ2n) is 5.87. The van der Waals surface area contributed by atoms with E-state index in [-0.39, 0.29) is 23.7 Å². The molecule has 0 spiro atoms. The molecule has 0 aliphatic carbocycles. The predicted molar refractivity (Wildman–Crippen MR) is 90.8 cm³/mol. The Labute approximate surface area is 147 Å². The van der Waals surface area contributed by atoms with Crippen molar-refractivity contribution in [2.45, 2.75) is 6.42 Å². The topological polar surface area (TPSA) is 111 Å². The Morgan fingerprint density at radius 1 is 1.00 bits per heavy atom. The van der Waals surface area contributed by atoms with Gasteiger partial charge in [0.1, 0.15) is 11.4 Å². The monoisotopic (exact) mass is 350 g/mol. The molecule has 26 heavy (non-hydrogen) atoms. The number of fused-ring (bicyclic) bond motifs is 1. The van der Waals surface area contributed by atoms with Crippen molar-refractivity contribution in [2.24, 2.45) is 0 Å². The van der Waals surface area contributed by atoms with Crippen LogP contribution in [0.4, 0.5) is 4.79 Å². The van der Waals surface area contributed by atoms with E-state index in [4.69, 9.17) is 0 Å². The second kappa shape index (κ2) is 5.99. The molecule has 2 aliphatic rings. The van der Waals surface area contributed by atoms with Crippen LogP contribution in [0.3, 0.4) is 0 Å². The van der Waals surface area contributed by atoms with Gasteiger partial charge in [0, 0.05) is 23.9 Å². The molecule has 8 nitrogen and oxygen atoms in total. The highest BCUT2D eigenvalue weighted by Gasteiger charge is 2.41. The summed E-state index contributed by atoms with van der Waals surface area (Å²) in [6, 6.07) is 9.10. The molecule has 1 aromatic carbocycles. The number of carbonyl (C=O) groups is 4. The Morgan fingerprint density at radius 2 is 1.77 bits per heavy atom. The maximum absolute atomic E-state index is 12.8. The molecule has 0 saturated carbocycles. The quantitative estimate of drug-likeness (QED) is 0.531. The summed E-state index contributed by atoms with van der Waals surface area (Å²) in [6.07, 6.45) is 1.89. The predicted octanol–water partition coefficient (Wildman–Crippen LogP) is 1.25. The molecule has 5 amide bonds. The van der Waals surface area contributed by atoms with Crippen molar-refractivity contribution in [2.75, 3.05) is 6.54 Å². The van der Waals surface area contributed by atoms with Gasteiger partial charge in [-0.25, -0.2) is 9.69 Å². The molecule has 8 heteroatoms. The first-order chi connectivity index (χ1) is 12.6. The summed E-state index contributed by atoms with van der Waals surface area (Å²) in [7, 11) is 0. The number of imide groups is 2. The first-order valence-electron chi connectivity index (χ1n) is 8.02. The number of urea groups is 1. The number of nitrogens with one attached hydrogen (secondary N) is 3. The summed E-state index contributed by atoms with van der Waals surface area (Å²) in [4.78, 5) is 53.4. The molecule has 3 heterocycles. The van der Waals surface area contributed by atoms with Crippen LogP contribution in [0.2, 0.25) is 0 Å². The maximum Gasteiger partial charge on any atom is 0.336 e. The molecule has 0 bridgehead atoms. The van der Waals surface area contributed by atoms with E-state index in [2.05, 4.69) is 15.6 Å². The highest BCUT2D eigenvalue weighted by Crippen LogP contribution is 2.31. The lowest BCUT2D eigenvalue weighted by molar-refractivity contribution is -0.115. The fraction of sp³-hybridized carbons (Fsp3) is 0.111. The number of amides is 5. The average molecular weight is 350 g/mol. The number of H-pyrrole nitrogens is 1. The molecule has 130 valence electrons. The molecule has 3 N–H and O–H groups in total. The van der Waals surface area contributed by atoms with Gasteiger partial charge in [-0.05, 0) is 30.2 Å². The highest BCUT2D eigenvalue weighted by atomic mass is 16.2. The van der Waals surface area contributed by atoms with E-state index < -0.39 is 17.8 Å². The third-order valence-corrected chi connectivity index (χ3v) is 4.33. The van der Waals surface area contributed by atoms with Gasteiger partial charge in [0.05, 0.1) is 0 Å². The Morgan fingerprint density at radius 3 is 2.54 bits per heavy atom. The highest BCUT2D eigenvalue weighted by molar-refractivity contribution is 6.24. The van der Waals surface area contributed by atoms with Crippen LogP contribution in [0.1, 0.15) is 32.8 Å². The minimum absolute atomic E-state index is 0.0406. The molecule has 1 saturated heterocycles. The van der Waals surface area contributed by atoms with E-state index >= 15 is 0 Å². The lowest BCUT2D eigenvalue weighted by atomic mass is 10.0. The summed E-state index contributed by atoms with van der Waals surface area (Å²) in [5.74, 6) is -1.56. The van der Waals surface area contributed by atoms with E-state index in [1.807, 2.05) is 0 Å². The second-order valence-corrected chi connectivity index (χ2v) is 5.87. The standard InChI is InChI=1S/C18H14N4O4/c23-15-13-11(6-8-19-13)12(7-9-20-15)14-16(24)21-18(26)22(14)17(25)10-4-2-1-3-5-10/h1-6,8,19H,7,9H2,(H,20,23)(H,21,24,26)/b14-12-. The largest absolute Gasteiger partial charge is 0.357 e. The molecule has 2 aliphatic heterocycles. The van der Waals surface area contributed by atoms with E-state index in [1.165, 1.54) is 0 Å². The Hall–Kier alpha value is -3.68. The van der Waals surface area contributed by atoms with E-state index in [0.717, 1.165) is 4.90 Å². The van der Waals surface area contributed by atoms with Gasteiger partial charge in [0.25, 0.3) is 17.7 Å². The van der Waals surface area contributed by atoms with Crippen molar-refractivity contribution in [1.29, 1.82) is 0 Å². The first kappa shape index (κ1) is 15.8. The number of nitrogens with zero attached hydrogens (tertiary/aromatic N) is 1. The van der Waals surface area contributed by atoms with Gasteiger partial charge in [0.15, 0.2) is 0 Å². The third kappa shape index (κ3) is 2.39. The van der Waals surface area contributed by atoms with Crippen LogP contribution in [0.5, 0.6) is 0 Å². The molecule has 2 aromatic rings. The summed E-state index contributed by atoms with van der Waals surface area (Å²) >= 11 is 0. The molecule has 4 rings (SSSR count).